The van der Waals surface area contributed by atoms with Crippen LogP contribution in [0.4, 0.5) is 5.82 Å². The molecule has 0 saturated heterocycles. The average molecular weight is 303 g/mol. The van der Waals surface area contributed by atoms with Crippen molar-refractivity contribution < 1.29 is 9.32 Å². The minimum absolute atomic E-state index is 0.0817. The summed E-state index contributed by atoms with van der Waals surface area (Å²) in [5, 5.41) is 6.58. The summed E-state index contributed by atoms with van der Waals surface area (Å²) in [4.78, 5) is 19.1. The van der Waals surface area contributed by atoms with Crippen LogP contribution in [0.15, 0.2) is 10.6 Å². The molecule has 1 amide bonds. The number of nitrogens with one attached hydrogen (secondary N) is 1. The van der Waals surface area contributed by atoms with Crippen molar-refractivity contribution in [2.24, 2.45) is 0 Å². The summed E-state index contributed by atoms with van der Waals surface area (Å²) < 4.78 is 7.19. The molecule has 2 aromatic rings. The summed E-state index contributed by atoms with van der Waals surface area (Å²) in [6.45, 7) is 10.2. The van der Waals surface area contributed by atoms with Gasteiger partial charge in [0.05, 0.1) is 18.3 Å². The molecule has 22 heavy (non-hydrogen) atoms. The topological polar surface area (TPSA) is 76.2 Å². The van der Waals surface area contributed by atoms with Crippen LogP contribution in [-0.2, 0) is 17.9 Å². The molecule has 0 radical (unpaired) electrons. The molecule has 0 saturated carbocycles. The summed E-state index contributed by atoms with van der Waals surface area (Å²) in [7, 11) is 0. The molecular formula is C15H21N5O2. The van der Waals surface area contributed by atoms with Crippen molar-refractivity contribution >= 4 is 11.7 Å². The Morgan fingerprint density at radius 3 is 2.82 bits per heavy atom. The average Bonchev–Trinajstić information content (AvgIpc) is 3.02. The fraction of sp³-hybridized carbons (Fsp3) is 0.533. The molecule has 3 heterocycles. The van der Waals surface area contributed by atoms with Gasteiger partial charge in [0.25, 0.3) is 0 Å². The van der Waals surface area contributed by atoms with E-state index < -0.39 is 0 Å². The number of hydrogen-bond donors (Lipinski definition) is 1. The lowest BCUT2D eigenvalue weighted by atomic mass is 10.2. The van der Waals surface area contributed by atoms with E-state index >= 15 is 0 Å². The SMILES string of the molecule is Cc1cc(NC(=O)C(C)N2CCn3c(nc(C)c3C)C2)no1. The second-order valence-corrected chi connectivity index (χ2v) is 5.81. The van der Waals surface area contributed by atoms with E-state index in [1.165, 1.54) is 5.69 Å². The first-order valence-corrected chi connectivity index (χ1v) is 7.46. The predicted octanol–water partition coefficient (Wildman–Crippen LogP) is 1.64. The highest BCUT2D eigenvalue weighted by Crippen LogP contribution is 2.19. The summed E-state index contributed by atoms with van der Waals surface area (Å²) in [6.07, 6.45) is 0. The first kappa shape index (κ1) is 14.8. The Kier molecular flexibility index (Phi) is 3.74. The molecule has 1 atom stereocenters. The monoisotopic (exact) mass is 303 g/mol. The lowest BCUT2D eigenvalue weighted by Gasteiger charge is -2.32. The van der Waals surface area contributed by atoms with Gasteiger partial charge in [0.2, 0.25) is 5.91 Å². The van der Waals surface area contributed by atoms with Crippen LogP contribution in [0.5, 0.6) is 0 Å². The smallest absolute Gasteiger partial charge is 0.242 e. The van der Waals surface area contributed by atoms with Gasteiger partial charge in [-0.05, 0) is 27.7 Å². The van der Waals surface area contributed by atoms with Gasteiger partial charge in [0.1, 0.15) is 11.6 Å². The molecule has 1 N–H and O–H groups in total. The van der Waals surface area contributed by atoms with Crippen LogP contribution >= 0.6 is 0 Å². The van der Waals surface area contributed by atoms with E-state index in [0.717, 1.165) is 24.6 Å². The third-order valence-electron chi connectivity index (χ3n) is 4.30. The Labute approximate surface area is 129 Å². The van der Waals surface area contributed by atoms with Crippen LogP contribution in [-0.4, -0.2) is 38.1 Å². The van der Waals surface area contributed by atoms with E-state index in [4.69, 9.17) is 4.52 Å². The van der Waals surface area contributed by atoms with Crippen molar-refractivity contribution in [1.29, 1.82) is 0 Å². The number of nitrogens with zero attached hydrogens (tertiary/aromatic N) is 4. The molecule has 0 fully saturated rings. The second-order valence-electron chi connectivity index (χ2n) is 5.81. The quantitative estimate of drug-likeness (QED) is 0.933. The Bertz CT molecular complexity index is 703. The van der Waals surface area contributed by atoms with Gasteiger partial charge < -0.3 is 14.4 Å². The van der Waals surface area contributed by atoms with Crippen LogP contribution < -0.4 is 5.32 Å². The van der Waals surface area contributed by atoms with Crippen molar-refractivity contribution in [2.45, 2.75) is 46.8 Å². The summed E-state index contributed by atoms with van der Waals surface area (Å²) in [5.74, 6) is 2.08. The van der Waals surface area contributed by atoms with Crippen LogP contribution in [0.3, 0.4) is 0 Å². The fourth-order valence-electron chi connectivity index (χ4n) is 2.78. The molecule has 3 rings (SSSR count). The van der Waals surface area contributed by atoms with Crippen molar-refractivity contribution in [3.05, 3.63) is 29.0 Å². The zero-order chi connectivity index (χ0) is 15.9. The van der Waals surface area contributed by atoms with E-state index in [0.29, 0.717) is 18.1 Å². The zero-order valence-corrected chi connectivity index (χ0v) is 13.4. The number of carbonyl (C=O) groups excluding carboxylic acids is 1. The lowest BCUT2D eigenvalue weighted by Crippen LogP contribution is -2.46. The molecule has 118 valence electrons. The highest BCUT2D eigenvalue weighted by Gasteiger charge is 2.27. The summed E-state index contributed by atoms with van der Waals surface area (Å²) in [5.41, 5.74) is 2.27. The molecule has 0 aliphatic carbocycles. The molecule has 7 nitrogen and oxygen atoms in total. The Morgan fingerprint density at radius 2 is 2.14 bits per heavy atom. The van der Waals surface area contributed by atoms with Crippen LogP contribution in [0, 0.1) is 20.8 Å². The number of amides is 1. The zero-order valence-electron chi connectivity index (χ0n) is 13.4. The van der Waals surface area contributed by atoms with Gasteiger partial charge in [0, 0.05) is 24.8 Å². The second kappa shape index (κ2) is 5.57. The van der Waals surface area contributed by atoms with Crippen LogP contribution in [0.25, 0.3) is 0 Å². The first-order chi connectivity index (χ1) is 10.5. The third kappa shape index (κ3) is 2.64. The van der Waals surface area contributed by atoms with Gasteiger partial charge in [-0.15, -0.1) is 0 Å². The number of carbonyl (C=O) groups is 1. The Balaban J connectivity index is 1.68. The molecular weight excluding hydrogens is 282 g/mol. The maximum absolute atomic E-state index is 12.3. The van der Waals surface area contributed by atoms with E-state index in [9.17, 15) is 4.79 Å². The Hall–Kier alpha value is -2.15. The van der Waals surface area contributed by atoms with E-state index in [1.807, 2.05) is 13.8 Å². The Morgan fingerprint density at radius 1 is 1.36 bits per heavy atom. The molecule has 1 aliphatic heterocycles. The van der Waals surface area contributed by atoms with Crippen molar-refractivity contribution in [2.75, 3.05) is 11.9 Å². The standard InChI is InChI=1S/C15H21N5O2/c1-9-7-13(18-22-9)17-15(21)12(4)19-5-6-20-11(3)10(2)16-14(20)8-19/h7,12H,5-6,8H2,1-4H3,(H,17,18,21). The minimum Gasteiger partial charge on any atom is -0.360 e. The van der Waals surface area contributed by atoms with Crippen molar-refractivity contribution in [3.8, 4) is 0 Å². The van der Waals surface area contributed by atoms with Gasteiger partial charge in [0.15, 0.2) is 5.82 Å². The number of rotatable bonds is 3. The normalized spacial score (nSPS) is 16.4. The number of aryl methyl sites for hydroxylation is 2. The van der Waals surface area contributed by atoms with Gasteiger partial charge >= 0.3 is 0 Å². The number of aromatic nitrogens is 3. The first-order valence-electron chi connectivity index (χ1n) is 7.46. The third-order valence-corrected chi connectivity index (χ3v) is 4.30. The molecule has 7 heteroatoms. The fourth-order valence-corrected chi connectivity index (χ4v) is 2.78. The molecule has 1 aliphatic rings. The van der Waals surface area contributed by atoms with E-state index in [2.05, 4.69) is 31.8 Å². The largest absolute Gasteiger partial charge is 0.360 e. The van der Waals surface area contributed by atoms with Crippen molar-refractivity contribution in [3.63, 3.8) is 0 Å². The molecule has 0 bridgehead atoms. The maximum Gasteiger partial charge on any atom is 0.242 e. The maximum atomic E-state index is 12.3. The van der Waals surface area contributed by atoms with Gasteiger partial charge in [-0.1, -0.05) is 5.16 Å². The van der Waals surface area contributed by atoms with Gasteiger partial charge in [-0.2, -0.15) is 0 Å². The number of imidazole rings is 1. The van der Waals surface area contributed by atoms with Crippen LogP contribution in [0.1, 0.15) is 29.9 Å². The van der Waals surface area contributed by atoms with Crippen LogP contribution in [0.2, 0.25) is 0 Å². The molecule has 2 aromatic heterocycles. The molecule has 0 aromatic carbocycles. The number of fused-ring (bicyclic) bond motifs is 1. The van der Waals surface area contributed by atoms with Gasteiger partial charge in [-0.25, -0.2) is 4.98 Å². The summed E-state index contributed by atoms with van der Waals surface area (Å²) in [6, 6.07) is 1.46. The highest BCUT2D eigenvalue weighted by molar-refractivity contribution is 5.93. The minimum atomic E-state index is -0.247. The lowest BCUT2D eigenvalue weighted by molar-refractivity contribution is -0.121. The number of hydrogen-bond acceptors (Lipinski definition) is 5. The highest BCUT2D eigenvalue weighted by atomic mass is 16.5. The molecule has 1 unspecified atom stereocenters. The predicted molar refractivity (Wildman–Crippen MR) is 81.4 cm³/mol. The van der Waals surface area contributed by atoms with E-state index in [1.54, 1.807) is 13.0 Å². The summed E-state index contributed by atoms with van der Waals surface area (Å²) >= 11 is 0. The van der Waals surface area contributed by atoms with Crippen molar-refractivity contribution in [1.82, 2.24) is 19.6 Å². The van der Waals surface area contributed by atoms with Gasteiger partial charge in [-0.3, -0.25) is 9.69 Å². The van der Waals surface area contributed by atoms with E-state index in [-0.39, 0.29) is 11.9 Å². The number of anilines is 1. The molecule has 0 spiro atoms.